The fraction of sp³-hybridized carbons (Fsp3) is 0.250. The number of hydrogen-bond acceptors (Lipinski definition) is 5. The van der Waals surface area contributed by atoms with Crippen LogP contribution >= 0.6 is 22.9 Å². The van der Waals surface area contributed by atoms with Gasteiger partial charge in [-0.1, -0.05) is 11.6 Å². The van der Waals surface area contributed by atoms with Gasteiger partial charge in [0.25, 0.3) is 0 Å². The van der Waals surface area contributed by atoms with Crippen LogP contribution in [-0.2, 0) is 4.79 Å². The molecule has 0 aliphatic rings. The molecule has 0 radical (unpaired) electrons. The lowest BCUT2D eigenvalue weighted by molar-refractivity contribution is -0.118. The van der Waals surface area contributed by atoms with Crippen LogP contribution in [0.25, 0.3) is 0 Å². The van der Waals surface area contributed by atoms with E-state index >= 15 is 0 Å². The van der Waals surface area contributed by atoms with Crippen LogP contribution in [0.1, 0.15) is 26.4 Å². The van der Waals surface area contributed by atoms with Gasteiger partial charge in [-0.2, -0.15) is 0 Å². The van der Waals surface area contributed by atoms with Crippen LogP contribution in [0.2, 0.25) is 5.02 Å². The zero-order valence-electron chi connectivity index (χ0n) is 12.7. The number of benzene rings is 1. The molecule has 0 fully saturated rings. The molecule has 1 aromatic heterocycles. The molecule has 7 heteroatoms. The number of aryl methyl sites for hydroxylation is 1. The Morgan fingerprint density at radius 1 is 1.30 bits per heavy atom. The summed E-state index contributed by atoms with van der Waals surface area (Å²) < 4.78 is 0. The van der Waals surface area contributed by atoms with Crippen molar-refractivity contribution in [1.82, 2.24) is 0 Å². The second kappa shape index (κ2) is 7.23. The number of amides is 1. The van der Waals surface area contributed by atoms with Crippen molar-refractivity contribution in [3.63, 3.8) is 0 Å². The fourth-order valence-electron chi connectivity index (χ4n) is 2.02. The fourth-order valence-corrected chi connectivity index (χ4v) is 3.21. The quantitative estimate of drug-likeness (QED) is 0.721. The van der Waals surface area contributed by atoms with Crippen molar-refractivity contribution in [3.8, 4) is 0 Å². The van der Waals surface area contributed by atoms with Crippen LogP contribution in [0.4, 0.5) is 5.00 Å². The Kier molecular flexibility index (Phi) is 5.54. The van der Waals surface area contributed by atoms with Crippen LogP contribution in [0.15, 0.2) is 24.3 Å². The highest BCUT2D eigenvalue weighted by Gasteiger charge is 2.23. The van der Waals surface area contributed by atoms with Gasteiger partial charge in [0.05, 0.1) is 12.2 Å². The molecule has 0 saturated carbocycles. The van der Waals surface area contributed by atoms with E-state index < -0.39 is 18.6 Å². The number of nitrogens with one attached hydrogen (secondary N) is 1. The molecule has 1 heterocycles. The molecule has 5 nitrogen and oxygen atoms in total. The molecule has 0 aliphatic carbocycles. The SMILES string of the molecule is Cc1sc(NC(=O)[C@@H](N)CO)c(C(=O)c2ccc(Cl)cc2)c1C. The normalized spacial score (nSPS) is 12.0. The zero-order valence-corrected chi connectivity index (χ0v) is 14.3. The van der Waals surface area contributed by atoms with Crippen molar-refractivity contribution in [2.24, 2.45) is 5.73 Å². The molecular formula is C16H17ClN2O3S. The summed E-state index contributed by atoms with van der Waals surface area (Å²) in [6.07, 6.45) is 0. The number of aliphatic hydroxyl groups is 1. The highest BCUT2D eigenvalue weighted by molar-refractivity contribution is 7.16. The minimum Gasteiger partial charge on any atom is -0.394 e. The molecule has 2 rings (SSSR count). The molecule has 0 spiro atoms. The number of rotatable bonds is 5. The maximum absolute atomic E-state index is 12.8. The van der Waals surface area contributed by atoms with Crippen molar-refractivity contribution in [2.75, 3.05) is 11.9 Å². The number of ketones is 1. The van der Waals surface area contributed by atoms with Gasteiger partial charge in [0.15, 0.2) is 5.78 Å². The van der Waals surface area contributed by atoms with E-state index in [-0.39, 0.29) is 5.78 Å². The van der Waals surface area contributed by atoms with Gasteiger partial charge in [-0.05, 0) is 43.7 Å². The molecule has 0 saturated heterocycles. The van der Waals surface area contributed by atoms with Gasteiger partial charge in [-0.15, -0.1) is 11.3 Å². The van der Waals surface area contributed by atoms with E-state index in [1.807, 2.05) is 13.8 Å². The Bertz CT molecular complexity index is 741. The maximum Gasteiger partial charge on any atom is 0.244 e. The maximum atomic E-state index is 12.8. The third kappa shape index (κ3) is 3.79. The van der Waals surface area contributed by atoms with Crippen molar-refractivity contribution in [1.29, 1.82) is 0 Å². The average Bonchev–Trinajstić information content (AvgIpc) is 2.80. The Balaban J connectivity index is 2.39. The monoisotopic (exact) mass is 352 g/mol. The molecule has 1 atom stereocenters. The summed E-state index contributed by atoms with van der Waals surface area (Å²) in [4.78, 5) is 25.6. The van der Waals surface area contributed by atoms with E-state index in [0.717, 1.165) is 10.4 Å². The third-order valence-electron chi connectivity index (χ3n) is 3.49. The van der Waals surface area contributed by atoms with E-state index in [1.54, 1.807) is 24.3 Å². The molecule has 0 aliphatic heterocycles. The Morgan fingerprint density at radius 3 is 2.48 bits per heavy atom. The Morgan fingerprint density at radius 2 is 1.91 bits per heavy atom. The lowest BCUT2D eigenvalue weighted by Gasteiger charge is -2.10. The van der Waals surface area contributed by atoms with E-state index in [1.165, 1.54) is 11.3 Å². The van der Waals surface area contributed by atoms with Gasteiger partial charge in [0.2, 0.25) is 5.91 Å². The first-order valence-corrected chi connectivity index (χ1v) is 8.12. The molecule has 1 aromatic carbocycles. The van der Waals surface area contributed by atoms with Gasteiger partial charge in [0, 0.05) is 15.5 Å². The number of carbonyl (C=O) groups is 2. The predicted octanol–water partition coefficient (Wildman–Crippen LogP) is 2.51. The van der Waals surface area contributed by atoms with Crippen LogP contribution in [0.3, 0.4) is 0 Å². The largest absolute Gasteiger partial charge is 0.394 e. The topological polar surface area (TPSA) is 92.4 Å². The molecule has 2 aromatic rings. The first-order valence-electron chi connectivity index (χ1n) is 6.92. The molecule has 4 N–H and O–H groups in total. The molecule has 0 unspecified atom stereocenters. The summed E-state index contributed by atoms with van der Waals surface area (Å²) in [5.41, 5.74) is 7.24. The third-order valence-corrected chi connectivity index (χ3v) is 4.86. The molecular weight excluding hydrogens is 336 g/mol. The molecule has 0 bridgehead atoms. The first-order chi connectivity index (χ1) is 10.8. The lowest BCUT2D eigenvalue weighted by atomic mass is 10.0. The zero-order chi connectivity index (χ0) is 17.1. The second-order valence-corrected chi connectivity index (χ2v) is 6.76. The number of anilines is 1. The van der Waals surface area contributed by atoms with E-state index in [9.17, 15) is 9.59 Å². The molecule has 122 valence electrons. The number of aliphatic hydroxyl groups excluding tert-OH is 1. The summed E-state index contributed by atoms with van der Waals surface area (Å²) in [7, 11) is 0. The standard InChI is InChI=1S/C16H17ClN2O3S/c1-8-9(2)23-16(19-15(22)12(18)7-20)13(8)14(21)10-3-5-11(17)6-4-10/h3-6,12,20H,7,18H2,1-2H3,(H,19,22)/t12-/m0/s1. The molecule has 1 amide bonds. The van der Waals surface area contributed by atoms with E-state index in [2.05, 4.69) is 5.32 Å². The number of thiophene rings is 1. The van der Waals surface area contributed by atoms with Gasteiger partial charge in [-0.3, -0.25) is 9.59 Å². The number of nitrogens with two attached hydrogens (primary N) is 1. The average molecular weight is 353 g/mol. The first kappa shape index (κ1) is 17.6. The number of halogens is 1. The van der Waals surface area contributed by atoms with Crippen molar-refractivity contribution in [3.05, 3.63) is 50.9 Å². The minimum absolute atomic E-state index is 0.198. The van der Waals surface area contributed by atoms with Gasteiger partial charge >= 0.3 is 0 Å². The summed E-state index contributed by atoms with van der Waals surface area (Å²) in [6.45, 7) is 3.24. The Labute approximate surface area is 143 Å². The molecule has 23 heavy (non-hydrogen) atoms. The van der Waals surface area contributed by atoms with Crippen molar-refractivity contribution >= 4 is 39.6 Å². The summed E-state index contributed by atoms with van der Waals surface area (Å²) in [5, 5.41) is 12.6. The van der Waals surface area contributed by atoms with Crippen LogP contribution in [-0.4, -0.2) is 29.4 Å². The van der Waals surface area contributed by atoms with Gasteiger partial charge in [-0.25, -0.2) is 0 Å². The van der Waals surface area contributed by atoms with Crippen molar-refractivity contribution in [2.45, 2.75) is 19.9 Å². The smallest absolute Gasteiger partial charge is 0.244 e. The number of carbonyl (C=O) groups excluding carboxylic acids is 2. The van der Waals surface area contributed by atoms with E-state index in [4.69, 9.17) is 22.4 Å². The summed E-state index contributed by atoms with van der Waals surface area (Å²) in [5.74, 6) is -0.727. The van der Waals surface area contributed by atoms with Gasteiger partial charge < -0.3 is 16.2 Å². The lowest BCUT2D eigenvalue weighted by Crippen LogP contribution is -2.38. The predicted molar refractivity (Wildman–Crippen MR) is 92.4 cm³/mol. The minimum atomic E-state index is -1.03. The highest BCUT2D eigenvalue weighted by Crippen LogP contribution is 2.34. The van der Waals surface area contributed by atoms with E-state index in [0.29, 0.717) is 21.2 Å². The van der Waals surface area contributed by atoms with Crippen molar-refractivity contribution < 1.29 is 14.7 Å². The Hall–Kier alpha value is -1.73. The highest BCUT2D eigenvalue weighted by atomic mass is 35.5. The number of hydrogen-bond donors (Lipinski definition) is 3. The van der Waals surface area contributed by atoms with Gasteiger partial charge in [0.1, 0.15) is 11.0 Å². The van der Waals surface area contributed by atoms with Crippen LogP contribution in [0.5, 0.6) is 0 Å². The van der Waals surface area contributed by atoms with Crippen LogP contribution in [0, 0.1) is 13.8 Å². The van der Waals surface area contributed by atoms with Crippen LogP contribution < -0.4 is 11.1 Å². The summed E-state index contributed by atoms with van der Waals surface area (Å²) in [6, 6.07) is 5.54. The second-order valence-electron chi connectivity index (χ2n) is 5.10. The summed E-state index contributed by atoms with van der Waals surface area (Å²) >= 11 is 7.15.